The zero-order chi connectivity index (χ0) is 8.84. The molecule has 0 spiro atoms. The summed E-state index contributed by atoms with van der Waals surface area (Å²) in [6, 6.07) is 6.42. The second kappa shape index (κ2) is 2.16. The second-order valence-electron chi connectivity index (χ2n) is 2.31. The summed E-state index contributed by atoms with van der Waals surface area (Å²) in [7, 11) is 0. The van der Waals surface area contributed by atoms with Crippen LogP contribution in [0.25, 0.3) is 0 Å². The molecule has 2 nitrogen and oxygen atoms in total. The molecule has 1 aromatic rings. The summed E-state index contributed by atoms with van der Waals surface area (Å²) in [5.74, 6) is 0.477. The second-order valence-corrected chi connectivity index (χ2v) is 7.99. The first-order valence-corrected chi connectivity index (χ1v) is 6.88. The maximum absolute atomic E-state index is 13.3. The van der Waals surface area contributed by atoms with Gasteiger partial charge >= 0.3 is 77.6 Å². The van der Waals surface area contributed by atoms with Gasteiger partial charge in [-0.25, -0.2) is 0 Å². The Labute approximate surface area is 78.0 Å². The summed E-state index contributed by atoms with van der Waals surface area (Å²) < 4.78 is 22.6. The number of rotatable bonds is 0. The quantitative estimate of drug-likeness (QED) is 0.625. The van der Waals surface area contributed by atoms with E-state index in [0.717, 1.165) is 0 Å². The van der Waals surface area contributed by atoms with Crippen molar-refractivity contribution in [2.75, 3.05) is 0 Å². The molecule has 0 atom stereocenters. The van der Waals surface area contributed by atoms with Gasteiger partial charge in [-0.3, -0.25) is 0 Å². The molecule has 0 bridgehead atoms. The van der Waals surface area contributed by atoms with E-state index < -0.39 is 6.07 Å². The third-order valence-electron chi connectivity index (χ3n) is 1.33. The van der Waals surface area contributed by atoms with Crippen molar-refractivity contribution >= 4 is 28.6 Å². The van der Waals surface area contributed by atoms with Crippen LogP contribution in [0.1, 0.15) is 0 Å². The Bertz CT molecular complexity index is 307. The predicted molar refractivity (Wildman–Crippen MR) is 47.4 cm³/mol. The van der Waals surface area contributed by atoms with Crippen LogP contribution in [-0.2, 0) is 0 Å². The number of benzene rings is 1. The molecule has 0 amide bonds. The first kappa shape index (κ1) is 8.36. The summed E-state index contributed by atoms with van der Waals surface area (Å²) in [4.78, 5) is 0. The van der Waals surface area contributed by atoms with Crippen molar-refractivity contribution in [1.29, 1.82) is 0 Å². The Morgan fingerprint density at radius 1 is 1.08 bits per heavy atom. The predicted octanol–water partition coefficient (Wildman–Crippen LogP) is 4.03. The van der Waals surface area contributed by atoms with E-state index in [1.807, 2.05) is 0 Å². The molecule has 1 aromatic carbocycles. The van der Waals surface area contributed by atoms with Gasteiger partial charge in [0.05, 0.1) is 0 Å². The van der Waals surface area contributed by atoms with Crippen molar-refractivity contribution in [1.82, 2.24) is 0 Å². The minimum absolute atomic E-state index is 0.239. The Hall–Kier alpha value is -0.240. The zero-order valence-corrected chi connectivity index (χ0v) is 8.11. The van der Waals surface area contributed by atoms with Gasteiger partial charge in [-0.15, -0.1) is 0 Å². The van der Waals surface area contributed by atoms with Crippen molar-refractivity contribution in [2.24, 2.45) is 0 Å². The molecule has 0 unspecified atom stereocenters. The molecule has 1 aliphatic heterocycles. The van der Waals surface area contributed by atoms with E-state index in [0.29, 0.717) is 0 Å². The summed E-state index contributed by atoms with van der Waals surface area (Å²) in [6.45, 7) is 0. The van der Waals surface area contributed by atoms with Crippen LogP contribution in [0.3, 0.4) is 0 Å². The molecule has 0 saturated carbocycles. The van der Waals surface area contributed by atoms with Crippen LogP contribution in [0.4, 0.5) is 4.20 Å². The van der Waals surface area contributed by atoms with Gasteiger partial charge in [-0.2, -0.15) is 0 Å². The zero-order valence-electron chi connectivity index (χ0n) is 5.71. The minimum atomic E-state index is -4.86. The van der Waals surface area contributed by atoms with E-state index in [2.05, 4.69) is 9.05 Å². The Balaban J connectivity index is 2.47. The van der Waals surface area contributed by atoms with Gasteiger partial charge in [0.2, 0.25) is 0 Å². The number of hydrogen-bond acceptors (Lipinski definition) is 2. The van der Waals surface area contributed by atoms with Crippen LogP contribution in [0, 0.1) is 0 Å². The molecule has 12 heavy (non-hydrogen) atoms. The van der Waals surface area contributed by atoms with Crippen molar-refractivity contribution in [3.05, 3.63) is 24.3 Å². The fraction of sp³-hybridized carbons (Fsp3) is 0. The van der Waals surface area contributed by atoms with Crippen LogP contribution in [0.15, 0.2) is 24.3 Å². The van der Waals surface area contributed by atoms with Gasteiger partial charge in [-0.1, -0.05) is 0 Å². The first-order valence-electron chi connectivity index (χ1n) is 3.11. The fourth-order valence-electron chi connectivity index (χ4n) is 0.923. The van der Waals surface area contributed by atoms with Crippen LogP contribution in [0.2, 0.25) is 0 Å². The molecule has 0 N–H and O–H groups in total. The van der Waals surface area contributed by atoms with Crippen LogP contribution in [0.5, 0.6) is 11.5 Å². The third-order valence-corrected chi connectivity index (χ3v) is 3.11. The molecule has 0 aromatic heterocycles. The van der Waals surface area contributed by atoms with Crippen molar-refractivity contribution in [3.8, 4) is 11.5 Å². The van der Waals surface area contributed by atoms with Gasteiger partial charge in [0.1, 0.15) is 0 Å². The third kappa shape index (κ3) is 1.45. The molecular weight excluding hydrogens is 225 g/mol. The SMILES string of the molecule is FP1(Cl)(Cl)Oc2ccccc2O1. The Morgan fingerprint density at radius 2 is 1.50 bits per heavy atom. The normalized spacial score (nSPS) is 25.8. The van der Waals surface area contributed by atoms with E-state index >= 15 is 0 Å². The standard InChI is InChI=1S/C6H4Cl2FO2P/c7-12(8,9)10-5-3-1-2-4-6(5)11-12/h1-4H. The molecule has 2 rings (SSSR count). The van der Waals surface area contributed by atoms with Crippen LogP contribution >= 0.6 is 28.6 Å². The van der Waals surface area contributed by atoms with Gasteiger partial charge < -0.3 is 0 Å². The number of halogens is 3. The molecule has 66 valence electrons. The fourth-order valence-corrected chi connectivity index (χ4v) is 2.76. The number of hydrogen-bond donors (Lipinski definition) is 0. The molecule has 0 saturated heterocycles. The van der Waals surface area contributed by atoms with E-state index in [1.54, 1.807) is 12.1 Å². The van der Waals surface area contributed by atoms with Gasteiger partial charge in [0.15, 0.2) is 0 Å². The molecule has 0 fully saturated rings. The van der Waals surface area contributed by atoms with Crippen molar-refractivity contribution in [2.45, 2.75) is 0 Å². The van der Waals surface area contributed by atoms with Gasteiger partial charge in [0, 0.05) is 0 Å². The molecule has 6 heteroatoms. The maximum atomic E-state index is 13.3. The van der Waals surface area contributed by atoms with Crippen molar-refractivity contribution in [3.63, 3.8) is 0 Å². The summed E-state index contributed by atoms with van der Waals surface area (Å²) in [5.41, 5.74) is 0. The molecular formula is C6H4Cl2FO2P. The Kier molecular flexibility index (Phi) is 1.51. The molecule has 0 radical (unpaired) electrons. The van der Waals surface area contributed by atoms with E-state index in [4.69, 9.17) is 22.5 Å². The monoisotopic (exact) mass is 228 g/mol. The first-order chi connectivity index (χ1) is 5.44. The van der Waals surface area contributed by atoms with E-state index in [-0.39, 0.29) is 11.5 Å². The van der Waals surface area contributed by atoms with Crippen LogP contribution < -0.4 is 9.05 Å². The summed E-state index contributed by atoms with van der Waals surface area (Å²) in [5, 5.41) is 0. The van der Waals surface area contributed by atoms with E-state index in [9.17, 15) is 4.20 Å². The van der Waals surface area contributed by atoms with Gasteiger partial charge in [0.25, 0.3) is 0 Å². The molecule has 1 aliphatic rings. The molecule has 1 heterocycles. The number of fused-ring (bicyclic) bond motifs is 1. The summed E-state index contributed by atoms with van der Waals surface area (Å²) in [6.07, 6.45) is -4.86. The number of para-hydroxylation sites is 2. The topological polar surface area (TPSA) is 18.5 Å². The van der Waals surface area contributed by atoms with E-state index in [1.165, 1.54) is 12.1 Å². The van der Waals surface area contributed by atoms with Crippen molar-refractivity contribution < 1.29 is 13.2 Å². The Morgan fingerprint density at radius 3 is 1.92 bits per heavy atom. The average molecular weight is 229 g/mol. The average Bonchev–Trinajstić information content (AvgIpc) is 2.16. The van der Waals surface area contributed by atoms with Gasteiger partial charge in [-0.05, 0) is 0 Å². The van der Waals surface area contributed by atoms with Crippen LogP contribution in [-0.4, -0.2) is 0 Å². The molecule has 0 aliphatic carbocycles. The summed E-state index contributed by atoms with van der Waals surface area (Å²) >= 11 is 10.5.